The Morgan fingerprint density at radius 1 is 1.35 bits per heavy atom. The minimum absolute atomic E-state index is 0.0152. The summed E-state index contributed by atoms with van der Waals surface area (Å²) in [5, 5.41) is 16.3. The zero-order valence-electron chi connectivity index (χ0n) is 13.1. The van der Waals surface area contributed by atoms with Gasteiger partial charge in [-0.3, -0.25) is 0 Å². The average molecular weight is 283 g/mol. The molecule has 2 atom stereocenters. The van der Waals surface area contributed by atoms with E-state index < -0.39 is 6.10 Å². The normalized spacial score (nSPS) is 14.2. The summed E-state index contributed by atoms with van der Waals surface area (Å²) >= 11 is 0. The fourth-order valence-electron chi connectivity index (χ4n) is 2.26. The third-order valence-electron chi connectivity index (χ3n) is 3.21. The highest BCUT2D eigenvalue weighted by Crippen LogP contribution is 2.21. The zero-order chi connectivity index (χ0) is 15.4. The number of aliphatic hydroxyl groups excluding tert-OH is 1. The van der Waals surface area contributed by atoms with Crippen molar-refractivity contribution in [1.82, 2.24) is 15.4 Å². The maximum Gasteiger partial charge on any atom is 0.318 e. The van der Waals surface area contributed by atoms with Crippen molar-refractivity contribution in [3.63, 3.8) is 0 Å². The number of carbonyl (C=O) groups excluding carboxylic acids is 1. The van der Waals surface area contributed by atoms with E-state index in [9.17, 15) is 9.90 Å². The number of carbonyl (C=O) groups is 1. The number of aryl methyl sites for hydroxylation is 2. The molecule has 6 heteroatoms. The van der Waals surface area contributed by atoms with Gasteiger partial charge in [0.05, 0.1) is 17.8 Å². The van der Waals surface area contributed by atoms with Crippen LogP contribution in [0, 0.1) is 13.8 Å². The van der Waals surface area contributed by atoms with E-state index in [2.05, 4.69) is 10.5 Å². The van der Waals surface area contributed by atoms with E-state index in [-0.39, 0.29) is 18.1 Å². The quantitative estimate of drug-likeness (QED) is 0.868. The van der Waals surface area contributed by atoms with Gasteiger partial charge in [0.2, 0.25) is 0 Å². The van der Waals surface area contributed by atoms with Crippen LogP contribution in [0.3, 0.4) is 0 Å². The van der Waals surface area contributed by atoms with Crippen molar-refractivity contribution in [3.05, 3.63) is 17.0 Å². The predicted molar refractivity (Wildman–Crippen MR) is 76.4 cm³/mol. The standard InChI is InChI=1S/C14H25N3O3/c1-8(2)17(7-9(3)18)14(19)15-10(4)13-11(5)16-20-12(13)6/h8-10,18H,7H2,1-6H3,(H,15,19). The van der Waals surface area contributed by atoms with E-state index >= 15 is 0 Å². The Hall–Kier alpha value is -1.56. The molecule has 1 rings (SSSR count). The van der Waals surface area contributed by atoms with Gasteiger partial charge < -0.3 is 19.8 Å². The van der Waals surface area contributed by atoms with Crippen LogP contribution >= 0.6 is 0 Å². The van der Waals surface area contributed by atoms with Crippen LogP contribution in [0.1, 0.15) is 50.8 Å². The van der Waals surface area contributed by atoms with E-state index in [1.165, 1.54) is 0 Å². The topological polar surface area (TPSA) is 78.6 Å². The van der Waals surface area contributed by atoms with Gasteiger partial charge in [-0.25, -0.2) is 4.79 Å². The minimum atomic E-state index is -0.558. The van der Waals surface area contributed by atoms with Crippen molar-refractivity contribution < 1.29 is 14.4 Å². The number of amides is 2. The van der Waals surface area contributed by atoms with Gasteiger partial charge in [-0.15, -0.1) is 0 Å². The summed E-state index contributed by atoms with van der Waals surface area (Å²) < 4.78 is 5.12. The Morgan fingerprint density at radius 2 is 1.95 bits per heavy atom. The largest absolute Gasteiger partial charge is 0.392 e. The second-order valence-corrected chi connectivity index (χ2v) is 5.50. The number of nitrogens with zero attached hydrogens (tertiary/aromatic N) is 2. The summed E-state index contributed by atoms with van der Waals surface area (Å²) in [6, 6.07) is -0.376. The number of nitrogens with one attached hydrogen (secondary N) is 1. The Balaban J connectivity index is 2.78. The molecule has 20 heavy (non-hydrogen) atoms. The number of hydrogen-bond donors (Lipinski definition) is 2. The third-order valence-corrected chi connectivity index (χ3v) is 3.21. The molecule has 0 bridgehead atoms. The monoisotopic (exact) mass is 283 g/mol. The SMILES string of the molecule is Cc1noc(C)c1C(C)NC(=O)N(CC(C)O)C(C)C. The van der Waals surface area contributed by atoms with Gasteiger partial charge in [0.25, 0.3) is 0 Å². The molecule has 0 saturated heterocycles. The van der Waals surface area contributed by atoms with E-state index in [1.54, 1.807) is 11.8 Å². The van der Waals surface area contributed by atoms with Crippen molar-refractivity contribution in [2.75, 3.05) is 6.54 Å². The first kappa shape index (κ1) is 16.5. The predicted octanol–water partition coefficient (Wildman–Crippen LogP) is 2.15. The molecule has 2 N–H and O–H groups in total. The summed E-state index contributed by atoms with van der Waals surface area (Å²) in [6.45, 7) is 11.4. The summed E-state index contributed by atoms with van der Waals surface area (Å²) in [7, 11) is 0. The number of aromatic nitrogens is 1. The van der Waals surface area contributed by atoms with E-state index in [1.807, 2.05) is 34.6 Å². The maximum absolute atomic E-state index is 12.3. The van der Waals surface area contributed by atoms with Crippen LogP contribution in [0.4, 0.5) is 4.79 Å². The highest BCUT2D eigenvalue weighted by Gasteiger charge is 2.23. The van der Waals surface area contributed by atoms with Gasteiger partial charge >= 0.3 is 6.03 Å². The van der Waals surface area contributed by atoms with Gasteiger partial charge in [0.15, 0.2) is 0 Å². The highest BCUT2D eigenvalue weighted by atomic mass is 16.5. The molecule has 0 aliphatic heterocycles. The molecule has 1 aromatic rings. The lowest BCUT2D eigenvalue weighted by Crippen LogP contribution is -2.47. The van der Waals surface area contributed by atoms with Crippen LogP contribution in [-0.4, -0.2) is 39.9 Å². The minimum Gasteiger partial charge on any atom is -0.392 e. The van der Waals surface area contributed by atoms with E-state index in [4.69, 9.17) is 4.52 Å². The number of urea groups is 1. The molecule has 0 saturated carbocycles. The van der Waals surface area contributed by atoms with Crippen LogP contribution in [0.15, 0.2) is 4.52 Å². The van der Waals surface area contributed by atoms with Gasteiger partial charge in [-0.05, 0) is 41.5 Å². The van der Waals surface area contributed by atoms with Crippen LogP contribution in [0.5, 0.6) is 0 Å². The molecule has 114 valence electrons. The van der Waals surface area contributed by atoms with Crippen LogP contribution < -0.4 is 5.32 Å². The molecular formula is C14H25N3O3. The van der Waals surface area contributed by atoms with Crippen molar-refractivity contribution in [2.24, 2.45) is 0 Å². The molecule has 2 unspecified atom stereocenters. The first-order valence-corrected chi connectivity index (χ1v) is 6.92. The van der Waals surface area contributed by atoms with Crippen LogP contribution in [0.25, 0.3) is 0 Å². The summed E-state index contributed by atoms with van der Waals surface area (Å²) in [5.41, 5.74) is 1.68. The Bertz CT molecular complexity index is 435. The van der Waals surface area contributed by atoms with Crippen molar-refractivity contribution in [3.8, 4) is 0 Å². The Kier molecular flexibility index (Phi) is 5.56. The smallest absolute Gasteiger partial charge is 0.318 e. The van der Waals surface area contributed by atoms with Crippen molar-refractivity contribution in [1.29, 1.82) is 0 Å². The number of rotatable bonds is 5. The second-order valence-electron chi connectivity index (χ2n) is 5.50. The maximum atomic E-state index is 12.3. The van der Waals surface area contributed by atoms with Gasteiger partial charge in [-0.2, -0.15) is 0 Å². The lowest BCUT2D eigenvalue weighted by molar-refractivity contribution is 0.117. The number of hydrogen-bond acceptors (Lipinski definition) is 4. The molecule has 0 aliphatic rings. The molecule has 0 fully saturated rings. The Labute approximate surface area is 120 Å². The molecule has 0 spiro atoms. The molecule has 1 heterocycles. The van der Waals surface area contributed by atoms with Gasteiger partial charge in [0, 0.05) is 18.2 Å². The van der Waals surface area contributed by atoms with Crippen LogP contribution in [0.2, 0.25) is 0 Å². The molecule has 0 radical (unpaired) electrons. The van der Waals surface area contributed by atoms with E-state index in [0.717, 1.165) is 11.3 Å². The third kappa shape index (κ3) is 3.96. The fraction of sp³-hybridized carbons (Fsp3) is 0.714. The first-order chi connectivity index (χ1) is 9.23. The molecule has 0 aliphatic carbocycles. The fourth-order valence-corrected chi connectivity index (χ4v) is 2.26. The van der Waals surface area contributed by atoms with Gasteiger partial charge in [-0.1, -0.05) is 5.16 Å². The molecule has 2 amide bonds. The molecule has 6 nitrogen and oxygen atoms in total. The van der Waals surface area contributed by atoms with Crippen LogP contribution in [-0.2, 0) is 0 Å². The van der Waals surface area contributed by atoms with Crippen molar-refractivity contribution >= 4 is 6.03 Å². The summed E-state index contributed by atoms with van der Waals surface area (Å²) in [6.07, 6.45) is -0.558. The molecule has 1 aromatic heterocycles. The molecular weight excluding hydrogens is 258 g/mol. The average Bonchev–Trinajstić information content (AvgIpc) is 2.65. The zero-order valence-corrected chi connectivity index (χ0v) is 13.1. The first-order valence-electron chi connectivity index (χ1n) is 6.92. The second kappa shape index (κ2) is 6.74. The summed E-state index contributed by atoms with van der Waals surface area (Å²) in [4.78, 5) is 13.9. The Morgan fingerprint density at radius 3 is 2.35 bits per heavy atom. The lowest BCUT2D eigenvalue weighted by atomic mass is 10.1. The van der Waals surface area contributed by atoms with Crippen molar-refractivity contribution in [2.45, 2.75) is 59.7 Å². The van der Waals surface area contributed by atoms with Gasteiger partial charge in [0.1, 0.15) is 5.76 Å². The van der Waals surface area contributed by atoms with E-state index in [0.29, 0.717) is 12.3 Å². The molecule has 0 aromatic carbocycles. The lowest BCUT2D eigenvalue weighted by Gasteiger charge is -2.29. The number of aliphatic hydroxyl groups is 1. The highest BCUT2D eigenvalue weighted by molar-refractivity contribution is 5.75. The summed E-state index contributed by atoms with van der Waals surface area (Å²) in [5.74, 6) is 0.710.